The maximum absolute atomic E-state index is 12.2. The first-order chi connectivity index (χ1) is 10.1. The number of furan rings is 1. The van der Waals surface area contributed by atoms with E-state index < -0.39 is 10.0 Å². The van der Waals surface area contributed by atoms with Crippen molar-refractivity contribution in [3.63, 3.8) is 0 Å². The van der Waals surface area contributed by atoms with Crippen LogP contribution in [0.5, 0.6) is 0 Å². The fourth-order valence-corrected chi connectivity index (χ4v) is 2.93. The monoisotopic (exact) mass is 304 g/mol. The zero-order chi connectivity index (χ0) is 14.9. The van der Waals surface area contributed by atoms with E-state index >= 15 is 0 Å². The first-order valence-electron chi connectivity index (χ1n) is 6.16. The lowest BCUT2D eigenvalue weighted by Crippen LogP contribution is -2.12. The zero-order valence-electron chi connectivity index (χ0n) is 10.9. The van der Waals surface area contributed by atoms with E-state index in [0.29, 0.717) is 5.69 Å². The van der Waals surface area contributed by atoms with Gasteiger partial charge in [0.25, 0.3) is 10.0 Å². The van der Waals surface area contributed by atoms with E-state index in [-0.39, 0.29) is 17.5 Å². The minimum absolute atomic E-state index is 0.193. The van der Waals surface area contributed by atoms with Crippen LogP contribution in [-0.2, 0) is 16.6 Å². The number of sulfonamides is 1. The minimum Gasteiger partial charge on any atom is -0.445 e. The number of fused-ring (bicyclic) bond motifs is 1. The number of anilines is 1. The first kappa shape index (κ1) is 13.6. The molecule has 6 nitrogen and oxygen atoms in total. The predicted molar refractivity (Wildman–Crippen MR) is 77.2 cm³/mol. The van der Waals surface area contributed by atoms with Crippen LogP contribution in [0.2, 0.25) is 0 Å². The molecule has 21 heavy (non-hydrogen) atoms. The number of aliphatic hydroxyl groups excluding tert-OH is 1. The Bertz CT molecular complexity index is 887. The molecule has 108 valence electrons. The molecule has 2 heterocycles. The molecule has 0 amide bonds. The molecule has 2 N–H and O–H groups in total. The van der Waals surface area contributed by atoms with E-state index in [9.17, 15) is 8.42 Å². The van der Waals surface area contributed by atoms with Crippen molar-refractivity contribution in [1.29, 1.82) is 0 Å². The van der Waals surface area contributed by atoms with Crippen LogP contribution >= 0.6 is 0 Å². The van der Waals surface area contributed by atoms with Crippen molar-refractivity contribution in [3.8, 4) is 0 Å². The zero-order valence-corrected chi connectivity index (χ0v) is 11.7. The molecule has 2 aromatic heterocycles. The maximum Gasteiger partial charge on any atom is 0.295 e. The van der Waals surface area contributed by atoms with Crippen molar-refractivity contribution in [2.75, 3.05) is 4.72 Å². The van der Waals surface area contributed by atoms with Crippen LogP contribution in [0.3, 0.4) is 0 Å². The van der Waals surface area contributed by atoms with Gasteiger partial charge in [-0.3, -0.25) is 9.71 Å². The Morgan fingerprint density at radius 3 is 2.81 bits per heavy atom. The molecule has 0 saturated carbocycles. The Balaban J connectivity index is 1.93. The average molecular weight is 304 g/mol. The van der Waals surface area contributed by atoms with Gasteiger partial charge in [0.2, 0.25) is 5.09 Å². The summed E-state index contributed by atoms with van der Waals surface area (Å²) in [5.41, 5.74) is 1.19. The Kier molecular flexibility index (Phi) is 3.36. The lowest BCUT2D eigenvalue weighted by molar-refractivity contribution is 0.236. The molecule has 0 aliphatic heterocycles. The summed E-state index contributed by atoms with van der Waals surface area (Å²) in [4.78, 5) is 4.17. The first-order valence-corrected chi connectivity index (χ1v) is 7.64. The Labute approximate surface area is 121 Å². The van der Waals surface area contributed by atoms with Gasteiger partial charge in [-0.05, 0) is 36.4 Å². The van der Waals surface area contributed by atoms with Crippen LogP contribution in [0.15, 0.2) is 58.2 Å². The van der Waals surface area contributed by atoms with E-state index in [1.54, 1.807) is 30.5 Å². The van der Waals surface area contributed by atoms with Gasteiger partial charge >= 0.3 is 0 Å². The molecule has 3 rings (SSSR count). The highest BCUT2D eigenvalue weighted by molar-refractivity contribution is 7.92. The number of aromatic nitrogens is 1. The lowest BCUT2D eigenvalue weighted by atomic mass is 10.2. The molecule has 1 aromatic carbocycles. The van der Waals surface area contributed by atoms with Crippen LogP contribution in [0, 0.1) is 0 Å². The van der Waals surface area contributed by atoms with Gasteiger partial charge in [0, 0.05) is 17.3 Å². The van der Waals surface area contributed by atoms with Crippen LogP contribution in [0.4, 0.5) is 5.69 Å². The Hall–Kier alpha value is -2.38. The number of nitrogens with one attached hydrogen (secondary N) is 1. The normalized spacial score (nSPS) is 11.7. The van der Waals surface area contributed by atoms with Gasteiger partial charge < -0.3 is 9.52 Å². The molecule has 0 aliphatic rings. The molecule has 7 heteroatoms. The van der Waals surface area contributed by atoms with Gasteiger partial charge in [-0.1, -0.05) is 6.07 Å². The summed E-state index contributed by atoms with van der Waals surface area (Å²) < 4.78 is 31.8. The van der Waals surface area contributed by atoms with Gasteiger partial charge in [0.15, 0.2) is 0 Å². The third-order valence-corrected chi connectivity index (χ3v) is 4.17. The molecular formula is C14H12N2O4S. The highest BCUT2D eigenvalue weighted by atomic mass is 32.2. The fourth-order valence-electron chi connectivity index (χ4n) is 1.93. The van der Waals surface area contributed by atoms with Crippen LogP contribution in [0.25, 0.3) is 10.9 Å². The number of nitrogens with zero attached hydrogens (tertiary/aromatic N) is 1. The molecule has 0 radical (unpaired) electrons. The Morgan fingerprint density at radius 2 is 2.05 bits per heavy atom. The van der Waals surface area contributed by atoms with E-state index in [0.717, 1.165) is 10.9 Å². The topological polar surface area (TPSA) is 92.4 Å². The third-order valence-electron chi connectivity index (χ3n) is 2.91. The van der Waals surface area contributed by atoms with Gasteiger partial charge in [-0.15, -0.1) is 0 Å². The molecule has 3 aromatic rings. The summed E-state index contributed by atoms with van der Waals surface area (Å²) in [5.74, 6) is 0.193. The van der Waals surface area contributed by atoms with Gasteiger partial charge in [0.05, 0.1) is 5.52 Å². The summed E-state index contributed by atoms with van der Waals surface area (Å²) in [6, 6.07) is 11.4. The molecule has 0 aliphatic carbocycles. The second kappa shape index (κ2) is 5.19. The summed E-state index contributed by atoms with van der Waals surface area (Å²) in [6.45, 7) is -0.350. The number of aliphatic hydroxyl groups is 1. The van der Waals surface area contributed by atoms with Crippen molar-refractivity contribution in [3.05, 3.63) is 54.4 Å². The van der Waals surface area contributed by atoms with Gasteiger partial charge in [0.1, 0.15) is 12.4 Å². The van der Waals surface area contributed by atoms with Crippen LogP contribution in [0.1, 0.15) is 5.76 Å². The quantitative estimate of drug-likeness (QED) is 0.770. The highest BCUT2D eigenvalue weighted by Gasteiger charge is 2.18. The number of hydrogen-bond donors (Lipinski definition) is 2. The van der Waals surface area contributed by atoms with Gasteiger partial charge in [-0.25, -0.2) is 0 Å². The fraction of sp³-hybridized carbons (Fsp3) is 0.0714. The van der Waals surface area contributed by atoms with Crippen molar-refractivity contribution >= 4 is 26.6 Å². The number of rotatable bonds is 4. The van der Waals surface area contributed by atoms with E-state index in [4.69, 9.17) is 9.52 Å². The van der Waals surface area contributed by atoms with Crippen molar-refractivity contribution in [2.45, 2.75) is 11.7 Å². The van der Waals surface area contributed by atoms with Crippen LogP contribution < -0.4 is 4.72 Å². The molecule has 0 bridgehead atoms. The smallest absolute Gasteiger partial charge is 0.295 e. The SMILES string of the molecule is O=S(=O)(Nc1ccc2ncccc2c1)c1ccc(CO)o1. The minimum atomic E-state index is -3.82. The Morgan fingerprint density at radius 1 is 1.19 bits per heavy atom. The molecule has 0 atom stereocenters. The lowest BCUT2D eigenvalue weighted by Gasteiger charge is -2.06. The highest BCUT2D eigenvalue weighted by Crippen LogP contribution is 2.21. The van der Waals surface area contributed by atoms with E-state index in [1.807, 2.05) is 6.07 Å². The van der Waals surface area contributed by atoms with Crippen molar-refractivity contribution in [1.82, 2.24) is 4.98 Å². The van der Waals surface area contributed by atoms with E-state index in [2.05, 4.69) is 9.71 Å². The average Bonchev–Trinajstić information content (AvgIpc) is 2.96. The van der Waals surface area contributed by atoms with Crippen LogP contribution in [-0.4, -0.2) is 18.5 Å². The number of benzene rings is 1. The number of pyridine rings is 1. The van der Waals surface area contributed by atoms with E-state index in [1.165, 1.54) is 12.1 Å². The molecular weight excluding hydrogens is 292 g/mol. The molecule has 0 unspecified atom stereocenters. The summed E-state index contributed by atoms with van der Waals surface area (Å²) in [6.07, 6.45) is 1.67. The second-order valence-corrected chi connectivity index (χ2v) is 6.01. The molecule has 0 spiro atoms. The standard InChI is InChI=1S/C14H12N2O4S/c17-9-12-4-6-14(20-12)21(18,19)16-11-3-5-13-10(8-11)2-1-7-15-13/h1-8,16-17H,9H2. The largest absolute Gasteiger partial charge is 0.445 e. The second-order valence-electron chi connectivity index (χ2n) is 4.40. The number of hydrogen-bond acceptors (Lipinski definition) is 5. The summed E-state index contributed by atoms with van der Waals surface area (Å²) in [5, 5.41) is 9.50. The van der Waals surface area contributed by atoms with Crippen molar-refractivity contribution in [2.24, 2.45) is 0 Å². The van der Waals surface area contributed by atoms with Crippen molar-refractivity contribution < 1.29 is 17.9 Å². The molecule has 0 fully saturated rings. The summed E-state index contributed by atoms with van der Waals surface area (Å²) >= 11 is 0. The third kappa shape index (κ3) is 2.74. The summed E-state index contributed by atoms with van der Waals surface area (Å²) in [7, 11) is -3.82. The molecule has 0 saturated heterocycles. The maximum atomic E-state index is 12.2. The predicted octanol–water partition coefficient (Wildman–Crippen LogP) is 2.12. The van der Waals surface area contributed by atoms with Gasteiger partial charge in [-0.2, -0.15) is 8.42 Å².